The van der Waals surface area contributed by atoms with Crippen LogP contribution in [0.1, 0.15) is 51.4 Å². The molecule has 4 atom stereocenters. The van der Waals surface area contributed by atoms with Crippen molar-refractivity contribution >= 4 is 148 Å². The van der Waals surface area contributed by atoms with Crippen LogP contribution < -0.4 is 0 Å². The molecule has 31 heavy (non-hydrogen) atoms. The SMILES string of the molecule is [Se]=C(CC1CS1)CC(CC(=[Se])CC1CS1)[Te]C(CC(=[Se])CC1CS1)CC(=[Se])CC1CS1. The van der Waals surface area contributed by atoms with E-state index in [4.69, 9.17) is 0 Å². The van der Waals surface area contributed by atoms with Crippen LogP contribution in [0.25, 0.3) is 0 Å². The first-order valence-corrected chi connectivity index (χ1v) is 21.4. The van der Waals surface area contributed by atoms with Gasteiger partial charge in [-0.25, -0.2) is 0 Å². The zero-order valence-electron chi connectivity index (χ0n) is 17.6. The molecule has 0 aromatic carbocycles. The first-order valence-electron chi connectivity index (χ1n) is 11.1. The van der Waals surface area contributed by atoms with Crippen LogP contribution in [0.5, 0.6) is 0 Å². The quantitative estimate of drug-likeness (QED) is 0.154. The molecule has 0 nitrogen and oxygen atoms in total. The summed E-state index contributed by atoms with van der Waals surface area (Å²) in [6, 6.07) is 0. The van der Waals surface area contributed by atoms with Crippen LogP contribution >= 0.6 is 47.0 Å². The van der Waals surface area contributed by atoms with Gasteiger partial charge in [-0.05, 0) is 0 Å². The number of hydrogen-bond donors (Lipinski definition) is 0. The van der Waals surface area contributed by atoms with Crippen molar-refractivity contribution in [2.45, 2.75) is 80.3 Å². The van der Waals surface area contributed by atoms with Crippen molar-refractivity contribution in [3.8, 4) is 0 Å². The van der Waals surface area contributed by atoms with Gasteiger partial charge in [0.1, 0.15) is 0 Å². The Morgan fingerprint density at radius 1 is 0.548 bits per heavy atom. The van der Waals surface area contributed by atoms with Crippen molar-refractivity contribution in [2.24, 2.45) is 0 Å². The van der Waals surface area contributed by atoms with Crippen LogP contribution in [0, 0.1) is 0 Å². The van der Waals surface area contributed by atoms with Crippen LogP contribution in [0.4, 0.5) is 0 Å². The summed E-state index contributed by atoms with van der Waals surface area (Å²) in [7, 11) is 0. The molecule has 0 radical (unpaired) electrons. The Hall–Kier alpha value is 3.75. The normalized spacial score (nSPS) is 29.7. The molecule has 172 valence electrons. The second-order valence-electron chi connectivity index (χ2n) is 8.99. The molecule has 0 aliphatic carbocycles. The molecule has 0 aromatic heterocycles. The number of thioether (sulfide) groups is 4. The summed E-state index contributed by atoms with van der Waals surface area (Å²) in [4.78, 5) is 0. The van der Waals surface area contributed by atoms with Crippen molar-refractivity contribution in [1.82, 2.24) is 0 Å². The number of rotatable bonds is 18. The topological polar surface area (TPSA) is 0 Å². The summed E-state index contributed by atoms with van der Waals surface area (Å²) >= 11 is 22.5. The molecular weight excluding hydrogens is 836 g/mol. The number of hydrogen-bond acceptors (Lipinski definition) is 4. The van der Waals surface area contributed by atoms with E-state index in [1.807, 2.05) is 0 Å². The molecule has 4 aliphatic rings. The maximum absolute atomic E-state index is 3.50. The molecule has 4 fully saturated rings. The molecular formula is C22H30S4Se4Te. The van der Waals surface area contributed by atoms with E-state index in [1.165, 1.54) is 74.4 Å². The molecule has 0 N–H and O–H groups in total. The van der Waals surface area contributed by atoms with Crippen LogP contribution in [0.2, 0.25) is 7.93 Å². The molecule has 4 heterocycles. The minimum atomic E-state index is -0.0772. The zero-order valence-corrected chi connectivity index (χ0v) is 30.1. The predicted octanol–water partition coefficient (Wildman–Crippen LogP) is 3.21. The molecule has 0 saturated carbocycles. The fraction of sp³-hybridized carbons (Fsp3) is 0.818. The third-order valence-corrected chi connectivity index (χ3v) is 16.4. The van der Waals surface area contributed by atoms with Gasteiger partial charge in [0.05, 0.1) is 0 Å². The van der Waals surface area contributed by atoms with Gasteiger partial charge in [0.2, 0.25) is 0 Å². The standard InChI is InChI=1S/C22H30S4Se4Te/c27-17(1-13-9-23-13)5-21(6-18(28)2-14-10-24-14)31-22(7-19(29)3-15-11-25-15)8-20(30)4-16-12-26-16/h13-16,21-22H,1-12H2. The summed E-state index contributed by atoms with van der Waals surface area (Å²) in [6.45, 7) is 0. The molecule has 9 heteroatoms. The Balaban J connectivity index is 1.34. The average molecular weight is 866 g/mol. The zero-order chi connectivity index (χ0) is 21.8. The molecule has 4 unspecified atom stereocenters. The van der Waals surface area contributed by atoms with Gasteiger partial charge in [-0.15, -0.1) is 0 Å². The second-order valence-corrected chi connectivity index (χ2v) is 23.8. The molecule has 0 amide bonds. The van der Waals surface area contributed by atoms with E-state index in [1.54, 1.807) is 17.7 Å². The molecule has 4 rings (SSSR count). The molecule has 0 aromatic rings. The van der Waals surface area contributed by atoms with E-state index in [0.717, 1.165) is 28.9 Å². The fourth-order valence-corrected chi connectivity index (χ4v) is 18.2. The van der Waals surface area contributed by atoms with Crippen molar-refractivity contribution in [3.63, 3.8) is 0 Å². The first kappa shape index (κ1) is 27.8. The van der Waals surface area contributed by atoms with Gasteiger partial charge in [0, 0.05) is 0 Å². The molecule has 4 aliphatic heterocycles. The van der Waals surface area contributed by atoms with Gasteiger partial charge in [0.25, 0.3) is 0 Å². The second kappa shape index (κ2) is 14.1. The Labute approximate surface area is 247 Å². The monoisotopic (exact) mass is 872 g/mol. The van der Waals surface area contributed by atoms with Crippen molar-refractivity contribution in [2.75, 3.05) is 23.0 Å². The predicted molar refractivity (Wildman–Crippen MR) is 158 cm³/mol. The summed E-state index contributed by atoms with van der Waals surface area (Å²) in [5.41, 5.74) is 0. The van der Waals surface area contributed by atoms with E-state index < -0.39 is 0 Å². The third-order valence-electron chi connectivity index (χ3n) is 5.64. The van der Waals surface area contributed by atoms with Crippen LogP contribution in [-0.2, 0) is 0 Å². The Kier molecular flexibility index (Phi) is 12.6. The first-order chi connectivity index (χ1) is 14.9. The van der Waals surface area contributed by atoms with Gasteiger partial charge in [-0.2, -0.15) is 0 Å². The van der Waals surface area contributed by atoms with E-state index in [2.05, 4.69) is 109 Å². The summed E-state index contributed by atoms with van der Waals surface area (Å²) in [5.74, 6) is 5.55. The van der Waals surface area contributed by atoms with Crippen molar-refractivity contribution in [3.05, 3.63) is 0 Å². The maximum atomic E-state index is 3.50. The van der Waals surface area contributed by atoms with Crippen LogP contribution in [0.3, 0.4) is 0 Å². The van der Waals surface area contributed by atoms with E-state index in [-0.39, 0.29) is 20.9 Å². The summed E-state index contributed by atoms with van der Waals surface area (Å²) in [6.07, 6.45) is 10.7. The van der Waals surface area contributed by atoms with Gasteiger partial charge >= 0.3 is 251 Å². The third kappa shape index (κ3) is 12.7. The Morgan fingerprint density at radius 3 is 0.968 bits per heavy atom. The van der Waals surface area contributed by atoms with Gasteiger partial charge < -0.3 is 0 Å². The van der Waals surface area contributed by atoms with Crippen LogP contribution in [-0.4, -0.2) is 145 Å². The molecule has 0 bridgehead atoms. The van der Waals surface area contributed by atoms with E-state index in [9.17, 15) is 0 Å². The van der Waals surface area contributed by atoms with Gasteiger partial charge in [0.15, 0.2) is 0 Å². The fourth-order valence-electron chi connectivity index (χ4n) is 3.72. The van der Waals surface area contributed by atoms with Crippen molar-refractivity contribution in [1.29, 1.82) is 0 Å². The Morgan fingerprint density at radius 2 is 0.774 bits per heavy atom. The molecule has 0 spiro atoms. The van der Waals surface area contributed by atoms with Gasteiger partial charge in [-0.3, -0.25) is 0 Å². The minimum absolute atomic E-state index is 0.0772. The Bertz CT molecular complexity index is 588. The van der Waals surface area contributed by atoms with Crippen LogP contribution in [0.15, 0.2) is 0 Å². The van der Waals surface area contributed by atoms with E-state index >= 15 is 0 Å². The molecule has 4 saturated heterocycles. The summed E-state index contributed by atoms with van der Waals surface area (Å²) < 4.78 is 8.51. The van der Waals surface area contributed by atoms with E-state index in [0.29, 0.717) is 0 Å². The average Bonchev–Trinajstić information content (AvgIpc) is 3.47. The van der Waals surface area contributed by atoms with Gasteiger partial charge in [-0.1, -0.05) is 0 Å². The van der Waals surface area contributed by atoms with Crippen molar-refractivity contribution < 1.29 is 0 Å². The summed E-state index contributed by atoms with van der Waals surface area (Å²) in [5, 5.41) is 3.70.